The molecule has 1 aromatic carbocycles. The molecule has 0 aliphatic heterocycles. The zero-order valence-electron chi connectivity index (χ0n) is 15.0. The summed E-state index contributed by atoms with van der Waals surface area (Å²) >= 11 is 11.8. The molecule has 0 amide bonds. The van der Waals surface area contributed by atoms with Crippen molar-refractivity contribution in [3.05, 3.63) is 96.0 Å². The van der Waals surface area contributed by atoms with Crippen LogP contribution in [0.5, 0.6) is 0 Å². The number of aromatic nitrogens is 3. The van der Waals surface area contributed by atoms with Gasteiger partial charge in [0.05, 0.1) is 29.4 Å². The van der Waals surface area contributed by atoms with Crippen LogP contribution in [0.1, 0.15) is 22.4 Å². The van der Waals surface area contributed by atoms with Crippen molar-refractivity contribution in [2.24, 2.45) is 0 Å². The number of rotatable bonds is 4. The maximum Gasteiger partial charge on any atom is 0.417 e. The van der Waals surface area contributed by atoms with Gasteiger partial charge in [0.25, 0.3) is 5.56 Å². The third-order valence-electron chi connectivity index (χ3n) is 4.23. The number of halogens is 5. The van der Waals surface area contributed by atoms with E-state index in [4.69, 9.17) is 23.2 Å². The fourth-order valence-corrected chi connectivity index (χ4v) is 3.08. The van der Waals surface area contributed by atoms with Gasteiger partial charge in [-0.25, -0.2) is 4.79 Å². The molecule has 0 spiro atoms. The molecule has 29 heavy (non-hydrogen) atoms. The van der Waals surface area contributed by atoms with Gasteiger partial charge < -0.3 is 0 Å². The van der Waals surface area contributed by atoms with Crippen molar-refractivity contribution >= 4 is 23.2 Å². The van der Waals surface area contributed by atoms with Crippen LogP contribution >= 0.6 is 23.2 Å². The van der Waals surface area contributed by atoms with E-state index in [0.717, 1.165) is 16.2 Å². The van der Waals surface area contributed by atoms with Crippen LogP contribution in [0.3, 0.4) is 0 Å². The van der Waals surface area contributed by atoms with Crippen LogP contribution in [-0.2, 0) is 19.3 Å². The van der Waals surface area contributed by atoms with Gasteiger partial charge in [0.15, 0.2) is 0 Å². The summed E-state index contributed by atoms with van der Waals surface area (Å²) in [6, 6.07) is 7.56. The molecule has 152 valence electrons. The van der Waals surface area contributed by atoms with E-state index in [1.54, 1.807) is 31.2 Å². The normalized spacial score (nSPS) is 11.7. The molecule has 2 heterocycles. The highest BCUT2D eigenvalue weighted by molar-refractivity contribution is 6.31. The predicted octanol–water partition coefficient (Wildman–Crippen LogP) is 4.14. The van der Waals surface area contributed by atoms with E-state index in [0.29, 0.717) is 16.8 Å². The Bertz CT molecular complexity index is 1170. The third-order valence-corrected chi connectivity index (χ3v) is 4.81. The number of pyridine rings is 1. The second kappa shape index (κ2) is 8.04. The third kappa shape index (κ3) is 4.71. The lowest BCUT2D eigenvalue weighted by Crippen LogP contribution is -2.41. The van der Waals surface area contributed by atoms with Gasteiger partial charge in [0.1, 0.15) is 0 Å². The molecule has 0 aliphatic carbocycles. The lowest BCUT2D eigenvalue weighted by Gasteiger charge is -2.13. The molecule has 0 saturated heterocycles. The van der Waals surface area contributed by atoms with Gasteiger partial charge in [-0.05, 0) is 30.7 Å². The minimum Gasteiger partial charge on any atom is -0.296 e. The summed E-state index contributed by atoms with van der Waals surface area (Å²) in [4.78, 5) is 29.0. The smallest absolute Gasteiger partial charge is 0.296 e. The van der Waals surface area contributed by atoms with Crippen LogP contribution in [-0.4, -0.2) is 14.1 Å². The van der Waals surface area contributed by atoms with Crippen molar-refractivity contribution < 1.29 is 13.2 Å². The Morgan fingerprint density at radius 3 is 2.31 bits per heavy atom. The highest BCUT2D eigenvalue weighted by Crippen LogP contribution is 2.31. The first kappa shape index (κ1) is 21.1. The molecule has 0 N–H and O–H groups in total. The van der Waals surface area contributed by atoms with E-state index >= 15 is 0 Å². The van der Waals surface area contributed by atoms with Gasteiger partial charge in [0, 0.05) is 23.0 Å². The number of hydrogen-bond donors (Lipinski definition) is 0. The van der Waals surface area contributed by atoms with Gasteiger partial charge in [-0.15, -0.1) is 0 Å². The number of aryl methyl sites for hydroxylation is 1. The summed E-state index contributed by atoms with van der Waals surface area (Å²) in [7, 11) is 0. The predicted molar refractivity (Wildman–Crippen MR) is 104 cm³/mol. The van der Waals surface area contributed by atoms with E-state index < -0.39 is 23.0 Å². The number of nitrogens with zero attached hydrogens (tertiary/aromatic N) is 3. The van der Waals surface area contributed by atoms with Crippen molar-refractivity contribution in [2.45, 2.75) is 26.2 Å². The van der Waals surface area contributed by atoms with Crippen molar-refractivity contribution in [3.63, 3.8) is 0 Å². The van der Waals surface area contributed by atoms with Crippen LogP contribution in [0.15, 0.2) is 52.3 Å². The maximum absolute atomic E-state index is 12.8. The number of benzene rings is 1. The maximum atomic E-state index is 12.8. The summed E-state index contributed by atoms with van der Waals surface area (Å²) in [6.45, 7) is 1.38. The Labute approximate surface area is 173 Å². The first-order valence-corrected chi connectivity index (χ1v) is 9.09. The fraction of sp³-hybridized carbons (Fsp3) is 0.211. The van der Waals surface area contributed by atoms with Crippen LogP contribution in [0, 0.1) is 6.92 Å². The van der Waals surface area contributed by atoms with E-state index in [9.17, 15) is 22.8 Å². The van der Waals surface area contributed by atoms with Gasteiger partial charge in [-0.2, -0.15) is 13.2 Å². The summed E-state index contributed by atoms with van der Waals surface area (Å²) in [5.41, 5.74) is -1.15. The van der Waals surface area contributed by atoms with Gasteiger partial charge in [-0.1, -0.05) is 35.3 Å². The summed E-state index contributed by atoms with van der Waals surface area (Å²) in [5.74, 6) is 0. The van der Waals surface area contributed by atoms with Crippen LogP contribution < -0.4 is 11.2 Å². The Kier molecular flexibility index (Phi) is 5.86. The monoisotopic (exact) mass is 443 g/mol. The average molecular weight is 444 g/mol. The summed E-state index contributed by atoms with van der Waals surface area (Å²) in [6.07, 6.45) is -2.55. The Hall–Kier alpha value is -2.58. The first-order chi connectivity index (χ1) is 13.6. The molecule has 10 heteroatoms. The van der Waals surface area contributed by atoms with Gasteiger partial charge in [0.2, 0.25) is 0 Å². The topological polar surface area (TPSA) is 56.9 Å². The van der Waals surface area contributed by atoms with E-state index in [1.165, 1.54) is 10.8 Å². The van der Waals surface area contributed by atoms with Gasteiger partial charge in [-0.3, -0.25) is 18.9 Å². The molecular formula is C19H14Cl2F3N3O2. The fourth-order valence-electron chi connectivity index (χ4n) is 2.73. The van der Waals surface area contributed by atoms with E-state index in [1.807, 2.05) is 0 Å². The summed E-state index contributed by atoms with van der Waals surface area (Å²) in [5, 5.41) is 0.266. The van der Waals surface area contributed by atoms with Crippen molar-refractivity contribution in [1.82, 2.24) is 14.1 Å². The molecule has 0 aliphatic rings. The molecule has 5 nitrogen and oxygen atoms in total. The van der Waals surface area contributed by atoms with E-state index in [2.05, 4.69) is 4.98 Å². The molecular weight excluding hydrogens is 430 g/mol. The zero-order valence-corrected chi connectivity index (χ0v) is 16.5. The minimum atomic E-state index is -4.60. The number of hydrogen-bond acceptors (Lipinski definition) is 3. The Balaban J connectivity index is 1.99. The molecule has 3 rings (SSSR count). The SMILES string of the molecule is Cc1cn(Cc2ccc(Cl)cc2)c(=O)n(Cc2ncc(C(F)(F)F)cc2Cl)c1=O. The quantitative estimate of drug-likeness (QED) is 0.608. The molecule has 3 aromatic rings. The van der Waals surface area contributed by atoms with E-state index in [-0.39, 0.29) is 23.8 Å². The molecule has 0 bridgehead atoms. The molecule has 0 atom stereocenters. The Morgan fingerprint density at radius 1 is 1.07 bits per heavy atom. The van der Waals surface area contributed by atoms with Crippen molar-refractivity contribution in [3.8, 4) is 0 Å². The molecule has 2 aromatic heterocycles. The first-order valence-electron chi connectivity index (χ1n) is 8.33. The standard InChI is InChI=1S/C19H14Cl2F3N3O2/c1-11-8-26(9-12-2-4-14(20)5-3-12)18(29)27(17(11)28)10-16-15(21)6-13(7-25-16)19(22,23)24/h2-8H,9-10H2,1H3. The highest BCUT2D eigenvalue weighted by Gasteiger charge is 2.31. The molecule has 0 unspecified atom stereocenters. The second-order valence-corrected chi connectivity index (χ2v) is 7.23. The van der Waals surface area contributed by atoms with Crippen molar-refractivity contribution in [2.75, 3.05) is 0 Å². The second-order valence-electron chi connectivity index (χ2n) is 6.39. The molecule has 0 saturated carbocycles. The Morgan fingerprint density at radius 2 is 1.72 bits per heavy atom. The average Bonchev–Trinajstić information content (AvgIpc) is 2.65. The summed E-state index contributed by atoms with van der Waals surface area (Å²) < 4.78 is 40.6. The van der Waals surface area contributed by atoms with Crippen LogP contribution in [0.2, 0.25) is 10.0 Å². The lowest BCUT2D eigenvalue weighted by molar-refractivity contribution is -0.137. The molecule has 0 fully saturated rings. The zero-order chi connectivity index (χ0) is 21.3. The number of alkyl halides is 3. The highest BCUT2D eigenvalue weighted by atomic mass is 35.5. The van der Waals surface area contributed by atoms with Crippen LogP contribution in [0.4, 0.5) is 13.2 Å². The van der Waals surface area contributed by atoms with Gasteiger partial charge >= 0.3 is 11.9 Å². The lowest BCUT2D eigenvalue weighted by atomic mass is 10.2. The largest absolute Gasteiger partial charge is 0.417 e. The molecule has 0 radical (unpaired) electrons. The minimum absolute atomic E-state index is 0.0116. The van der Waals surface area contributed by atoms with Crippen molar-refractivity contribution in [1.29, 1.82) is 0 Å². The van der Waals surface area contributed by atoms with Crippen LogP contribution in [0.25, 0.3) is 0 Å².